The van der Waals surface area contributed by atoms with Crippen molar-refractivity contribution in [1.29, 1.82) is 0 Å². The van der Waals surface area contributed by atoms with Crippen molar-refractivity contribution >= 4 is 50.3 Å². The van der Waals surface area contributed by atoms with Crippen LogP contribution in [0.4, 0.5) is 0 Å². The Balaban J connectivity index is 0.00000138. The molecule has 2 heterocycles. The molecule has 274 valence electrons. The van der Waals surface area contributed by atoms with Crippen LogP contribution in [0.2, 0.25) is 0 Å². The first kappa shape index (κ1) is 38.6. The average Bonchev–Trinajstić information content (AvgIpc) is 3.97. The van der Waals surface area contributed by atoms with Crippen molar-refractivity contribution in [3.63, 3.8) is 0 Å². The fourth-order valence-corrected chi connectivity index (χ4v) is 6.93. The molecule has 1 aromatic heterocycles. The number of hydrogen-bond acceptors (Lipinski definition) is 11. The van der Waals surface area contributed by atoms with Gasteiger partial charge in [-0.05, 0) is 61.1 Å². The van der Waals surface area contributed by atoms with E-state index in [2.05, 4.69) is 35.8 Å². The molecule has 1 aliphatic carbocycles. The highest BCUT2D eigenvalue weighted by molar-refractivity contribution is 7.89. The van der Waals surface area contributed by atoms with Crippen molar-refractivity contribution in [3.05, 3.63) is 66.7 Å². The molecule has 8 N–H and O–H groups in total. The summed E-state index contributed by atoms with van der Waals surface area (Å²) >= 11 is 0. The summed E-state index contributed by atoms with van der Waals surface area (Å²) in [6, 6.07) is 9.39. The van der Waals surface area contributed by atoms with Crippen LogP contribution in [0, 0.1) is 5.92 Å². The van der Waals surface area contributed by atoms with Crippen LogP contribution in [0.1, 0.15) is 49.5 Å². The van der Waals surface area contributed by atoms with Crippen molar-refractivity contribution in [1.82, 2.24) is 35.5 Å². The van der Waals surface area contributed by atoms with Crippen LogP contribution in [0.3, 0.4) is 0 Å². The van der Waals surface area contributed by atoms with Gasteiger partial charge in [0.25, 0.3) is 11.9 Å². The zero-order valence-corrected chi connectivity index (χ0v) is 28.9. The maximum atomic E-state index is 14.1. The van der Waals surface area contributed by atoms with Gasteiger partial charge in [0, 0.05) is 45.0 Å². The molecule has 0 bridgehead atoms. The first-order chi connectivity index (χ1) is 24.4. The van der Waals surface area contributed by atoms with Gasteiger partial charge in [-0.3, -0.25) is 24.2 Å². The van der Waals surface area contributed by atoms with E-state index in [4.69, 9.17) is 15.6 Å². The normalized spacial score (nSPS) is 17.3. The number of sulfonamides is 1. The summed E-state index contributed by atoms with van der Waals surface area (Å²) in [5.41, 5.74) is 6.07. The van der Waals surface area contributed by atoms with Gasteiger partial charge in [0.05, 0.1) is 23.6 Å². The van der Waals surface area contributed by atoms with Crippen molar-refractivity contribution in [2.45, 2.75) is 62.0 Å². The maximum absolute atomic E-state index is 14.1. The van der Waals surface area contributed by atoms with Gasteiger partial charge in [-0.1, -0.05) is 35.5 Å². The summed E-state index contributed by atoms with van der Waals surface area (Å²) in [6.45, 7) is 2.55. The fourth-order valence-electron chi connectivity index (χ4n) is 5.70. The van der Waals surface area contributed by atoms with Gasteiger partial charge in [0.15, 0.2) is 5.84 Å². The summed E-state index contributed by atoms with van der Waals surface area (Å²) in [4.78, 5) is 58.4. The molecule has 1 saturated heterocycles. The fraction of sp³-hybridized carbons (Fsp3) is 0.424. The van der Waals surface area contributed by atoms with Crippen molar-refractivity contribution in [3.8, 4) is 0 Å². The highest BCUT2D eigenvalue weighted by Gasteiger charge is 2.39. The lowest BCUT2D eigenvalue weighted by molar-refractivity contribution is -0.136. The minimum Gasteiger partial charge on any atom is -0.481 e. The molecule has 2 aromatic carbocycles. The average molecular weight is 726 g/mol. The van der Waals surface area contributed by atoms with Gasteiger partial charge < -0.3 is 36.9 Å². The molecule has 51 heavy (non-hydrogen) atoms. The Bertz CT molecular complexity index is 1810. The molecule has 3 atom stereocenters. The number of hydrogen-bond donors (Lipinski definition) is 7. The molecule has 2 unspecified atom stereocenters. The highest BCUT2D eigenvalue weighted by Crippen LogP contribution is 2.28. The third-order valence-corrected chi connectivity index (χ3v) is 9.75. The number of carbonyl (C=O) groups is 4. The molecule has 3 aromatic rings. The molecular formula is C33H43N9O8S. The number of amides is 3. The van der Waals surface area contributed by atoms with Gasteiger partial charge in [-0.25, -0.2) is 13.4 Å². The number of aliphatic carboxylic acids is 1. The number of nitrogens with one attached hydrogen (secondary N) is 4. The van der Waals surface area contributed by atoms with Crippen molar-refractivity contribution in [2.24, 2.45) is 16.8 Å². The summed E-state index contributed by atoms with van der Waals surface area (Å²) in [5.74, 6) is -2.93. The highest BCUT2D eigenvalue weighted by atomic mass is 32.2. The summed E-state index contributed by atoms with van der Waals surface area (Å²) in [6.07, 6.45) is 6.53. The number of carboxylic acids is 1. The molecule has 2 aliphatic rings. The Morgan fingerprint density at radius 1 is 1.10 bits per heavy atom. The van der Waals surface area contributed by atoms with E-state index < -0.39 is 52.2 Å². The van der Waals surface area contributed by atoms with Gasteiger partial charge in [0.2, 0.25) is 21.8 Å². The molecule has 2 fully saturated rings. The SMILES string of the molecule is CC(=O)O.NC(=NO)[C@@H](NC(=O)CC(NS(=O)(=O)c1ccc2ccccc2c1)C(=O)N(CCNC(=O)c1cnccn1)C1CC1)C1CCCNC1. The van der Waals surface area contributed by atoms with E-state index in [1.165, 1.54) is 35.6 Å². The monoisotopic (exact) mass is 725 g/mol. The molecule has 18 heteroatoms. The number of nitrogens with two attached hydrogens (primary N) is 1. The number of aromatic nitrogens is 2. The third kappa shape index (κ3) is 11.4. The van der Waals surface area contributed by atoms with E-state index in [9.17, 15) is 28.0 Å². The lowest BCUT2D eigenvalue weighted by Crippen LogP contribution is -2.56. The quantitative estimate of drug-likeness (QED) is 0.0516. The Labute approximate surface area is 295 Å². The van der Waals surface area contributed by atoms with Crippen LogP contribution in [0.25, 0.3) is 10.8 Å². The number of oxime groups is 1. The number of amidine groups is 1. The minimum absolute atomic E-state index is 0.0635. The minimum atomic E-state index is -4.28. The Morgan fingerprint density at radius 3 is 2.45 bits per heavy atom. The van der Waals surface area contributed by atoms with E-state index >= 15 is 0 Å². The van der Waals surface area contributed by atoms with Gasteiger partial charge in [-0.15, -0.1) is 0 Å². The standard InChI is InChI=1S/C31H39N9O6S.C2H4O2/c32-29(38-44)28(22-6-3-11-33-18-22)37-27(41)17-25(39-47(45,46)24-10-7-20-4-1-2-5-21(20)16-24)31(43)40(23-8-9-23)15-14-36-30(42)26-19-34-12-13-35-26;1-2(3)4/h1-2,4-5,7,10,12-13,16,19,22-23,25,28,33,39,44H,3,6,8-9,11,14-15,17-18H2,(H2,32,38)(H,36,42)(H,37,41);1H3,(H,3,4)/t22?,25?,28-;/m0./s1. The van der Waals surface area contributed by atoms with E-state index in [-0.39, 0.29) is 41.5 Å². The van der Waals surface area contributed by atoms with Crippen LogP contribution in [-0.4, -0.2) is 107 Å². The lowest BCUT2D eigenvalue weighted by Gasteiger charge is -2.31. The van der Waals surface area contributed by atoms with Crippen LogP contribution in [-0.2, 0) is 24.4 Å². The Kier molecular flexibility index (Phi) is 13.7. The second kappa shape index (κ2) is 18.2. The summed E-state index contributed by atoms with van der Waals surface area (Å²) in [5, 5.41) is 30.2. The number of benzene rings is 2. The Morgan fingerprint density at radius 2 is 1.82 bits per heavy atom. The summed E-state index contributed by atoms with van der Waals surface area (Å²) < 4.78 is 29.9. The first-order valence-corrected chi connectivity index (χ1v) is 17.9. The van der Waals surface area contributed by atoms with Crippen LogP contribution in [0.5, 0.6) is 0 Å². The van der Waals surface area contributed by atoms with E-state index in [1.807, 2.05) is 12.1 Å². The number of carboxylic acid groups (broad SMARTS) is 1. The molecule has 3 amide bonds. The Hall–Kier alpha value is -5.20. The zero-order valence-electron chi connectivity index (χ0n) is 28.1. The largest absolute Gasteiger partial charge is 0.481 e. The van der Waals surface area contributed by atoms with Crippen molar-refractivity contribution in [2.75, 3.05) is 26.2 Å². The molecule has 0 spiro atoms. The second-order valence-electron chi connectivity index (χ2n) is 12.2. The van der Waals surface area contributed by atoms with Crippen molar-refractivity contribution < 1.29 is 37.9 Å². The molecular weight excluding hydrogens is 682 g/mol. The molecule has 1 saturated carbocycles. The smallest absolute Gasteiger partial charge is 0.300 e. The van der Waals surface area contributed by atoms with Crippen LogP contribution >= 0.6 is 0 Å². The number of nitrogens with zero attached hydrogens (tertiary/aromatic N) is 4. The van der Waals surface area contributed by atoms with E-state index in [0.29, 0.717) is 31.2 Å². The predicted octanol–water partition coefficient (Wildman–Crippen LogP) is 0.410. The number of piperidine rings is 1. The topological polar surface area (TPSA) is 258 Å². The molecule has 1 aliphatic heterocycles. The van der Waals surface area contributed by atoms with Gasteiger partial charge >= 0.3 is 0 Å². The van der Waals surface area contributed by atoms with E-state index in [0.717, 1.165) is 25.3 Å². The van der Waals surface area contributed by atoms with Gasteiger partial charge in [0.1, 0.15) is 11.7 Å². The lowest BCUT2D eigenvalue weighted by atomic mass is 9.90. The molecule has 0 radical (unpaired) electrons. The third-order valence-electron chi connectivity index (χ3n) is 8.28. The van der Waals surface area contributed by atoms with Crippen LogP contribution in [0.15, 0.2) is 71.1 Å². The van der Waals surface area contributed by atoms with E-state index in [1.54, 1.807) is 18.2 Å². The summed E-state index contributed by atoms with van der Waals surface area (Å²) in [7, 11) is -4.28. The number of rotatable bonds is 14. The number of fused-ring (bicyclic) bond motifs is 1. The number of carbonyl (C=O) groups excluding carboxylic acids is 3. The maximum Gasteiger partial charge on any atom is 0.300 e. The first-order valence-electron chi connectivity index (χ1n) is 16.4. The second-order valence-corrected chi connectivity index (χ2v) is 13.9. The molecule has 5 rings (SSSR count). The van der Waals surface area contributed by atoms with Gasteiger partial charge in [-0.2, -0.15) is 4.72 Å². The molecule has 17 nitrogen and oxygen atoms in total. The van der Waals surface area contributed by atoms with Crippen LogP contribution < -0.4 is 26.4 Å². The predicted molar refractivity (Wildman–Crippen MR) is 186 cm³/mol. The zero-order chi connectivity index (χ0) is 37.0.